The number of hydrogen-bond acceptors (Lipinski definition) is 4. The number of carbonyl (C=O) groups is 2. The minimum absolute atomic E-state index is 0.0410. The molecule has 3 rings (SSSR count). The highest BCUT2D eigenvalue weighted by atomic mass is 79.9. The number of sulfonamides is 1. The molecule has 0 heterocycles. The first-order valence-corrected chi connectivity index (χ1v) is 10.5. The lowest BCUT2D eigenvalue weighted by Gasteiger charge is -2.10. The normalized spacial score (nSPS) is 18.4. The number of hydrazine groups is 1. The molecule has 1 saturated carbocycles. The van der Waals surface area contributed by atoms with Crippen LogP contribution < -0.4 is 15.6 Å². The second-order valence-corrected chi connectivity index (χ2v) is 9.00. The highest BCUT2D eigenvalue weighted by molar-refractivity contribution is 9.10. The van der Waals surface area contributed by atoms with Gasteiger partial charge in [0, 0.05) is 21.6 Å². The highest BCUT2D eigenvalue weighted by Crippen LogP contribution is 2.37. The van der Waals surface area contributed by atoms with Crippen LogP contribution in [0, 0.1) is 11.8 Å². The Labute approximate surface area is 165 Å². The largest absolute Gasteiger partial charge is 0.280 e. The lowest BCUT2D eigenvalue weighted by Crippen LogP contribution is -2.42. The molecule has 0 aliphatic heterocycles. The van der Waals surface area contributed by atoms with E-state index in [-0.39, 0.29) is 16.7 Å². The molecule has 2 aromatic rings. The van der Waals surface area contributed by atoms with E-state index in [9.17, 15) is 18.0 Å². The van der Waals surface area contributed by atoms with Crippen LogP contribution in [0.3, 0.4) is 0 Å². The van der Waals surface area contributed by atoms with E-state index in [4.69, 9.17) is 0 Å². The van der Waals surface area contributed by atoms with Crippen LogP contribution in [-0.2, 0) is 14.8 Å². The van der Waals surface area contributed by atoms with Crippen molar-refractivity contribution >= 4 is 43.5 Å². The number of halogens is 1. The molecule has 1 fully saturated rings. The van der Waals surface area contributed by atoms with Gasteiger partial charge in [0.15, 0.2) is 0 Å². The molecule has 9 heteroatoms. The molecule has 0 unspecified atom stereocenters. The quantitative estimate of drug-likeness (QED) is 0.607. The summed E-state index contributed by atoms with van der Waals surface area (Å²) in [5.74, 6) is -0.366. The van der Waals surface area contributed by atoms with Crippen LogP contribution in [0.4, 0.5) is 5.69 Å². The van der Waals surface area contributed by atoms with Crippen LogP contribution in [0.15, 0.2) is 57.9 Å². The summed E-state index contributed by atoms with van der Waals surface area (Å²) in [5, 5.41) is 0. The van der Waals surface area contributed by atoms with Gasteiger partial charge in [-0.1, -0.05) is 22.9 Å². The van der Waals surface area contributed by atoms with Crippen molar-refractivity contribution in [3.8, 4) is 0 Å². The zero-order chi connectivity index (χ0) is 19.6. The van der Waals surface area contributed by atoms with Crippen molar-refractivity contribution in [2.75, 3.05) is 4.72 Å². The smallest absolute Gasteiger partial charge is 0.269 e. The summed E-state index contributed by atoms with van der Waals surface area (Å²) in [7, 11) is -3.72. The van der Waals surface area contributed by atoms with Crippen molar-refractivity contribution in [3.63, 3.8) is 0 Å². The van der Waals surface area contributed by atoms with Gasteiger partial charge in [0.05, 0.1) is 4.90 Å². The van der Waals surface area contributed by atoms with E-state index < -0.39 is 15.9 Å². The SMILES string of the molecule is C[C@@H]1C[C@@H]1C(=O)NNC(=O)c1ccc(NS(=O)(=O)c2ccc(Br)cc2)cc1. The maximum Gasteiger partial charge on any atom is 0.269 e. The number of carbonyl (C=O) groups excluding carboxylic acids is 2. The van der Waals surface area contributed by atoms with E-state index in [0.29, 0.717) is 17.2 Å². The summed E-state index contributed by atoms with van der Waals surface area (Å²) >= 11 is 3.26. The fraction of sp³-hybridized carbons (Fsp3) is 0.222. The number of benzene rings is 2. The van der Waals surface area contributed by atoms with Crippen LogP contribution in [-0.4, -0.2) is 20.2 Å². The maximum atomic E-state index is 12.4. The van der Waals surface area contributed by atoms with Gasteiger partial charge in [-0.2, -0.15) is 0 Å². The van der Waals surface area contributed by atoms with Crippen LogP contribution in [0.1, 0.15) is 23.7 Å². The van der Waals surface area contributed by atoms with Crippen molar-refractivity contribution in [1.29, 1.82) is 0 Å². The first-order valence-electron chi connectivity index (χ1n) is 8.25. The van der Waals surface area contributed by atoms with Crippen LogP contribution >= 0.6 is 15.9 Å². The van der Waals surface area contributed by atoms with Crippen LogP contribution in [0.25, 0.3) is 0 Å². The standard InChI is InChI=1S/C18H18BrN3O4S/c1-11-10-16(11)18(24)21-20-17(23)12-2-6-14(7-3-12)22-27(25,26)15-8-4-13(19)5-9-15/h2-9,11,16,22H,10H2,1H3,(H,20,23)(H,21,24)/t11-,16+/m1/s1. The molecule has 2 amide bonds. The first-order chi connectivity index (χ1) is 12.8. The predicted molar refractivity (Wildman–Crippen MR) is 104 cm³/mol. The van der Waals surface area contributed by atoms with Crippen LogP contribution in [0.2, 0.25) is 0 Å². The molecule has 0 bridgehead atoms. The molecule has 0 aromatic heterocycles. The zero-order valence-corrected chi connectivity index (χ0v) is 16.8. The molecular formula is C18H18BrN3O4S. The Morgan fingerprint density at radius 1 is 1.00 bits per heavy atom. The molecule has 1 aliphatic rings. The minimum atomic E-state index is -3.72. The summed E-state index contributed by atoms with van der Waals surface area (Å²) in [6.07, 6.45) is 0.828. The first kappa shape index (κ1) is 19.4. The lowest BCUT2D eigenvalue weighted by atomic mass is 10.2. The third kappa shape index (κ3) is 4.86. The van der Waals surface area contributed by atoms with Gasteiger partial charge >= 0.3 is 0 Å². The molecule has 142 valence electrons. The van der Waals surface area contributed by atoms with Crippen molar-refractivity contribution < 1.29 is 18.0 Å². The number of nitrogens with one attached hydrogen (secondary N) is 3. The summed E-state index contributed by atoms with van der Waals surface area (Å²) in [4.78, 5) is 23.9. The number of hydrogen-bond donors (Lipinski definition) is 3. The maximum absolute atomic E-state index is 12.4. The fourth-order valence-electron chi connectivity index (χ4n) is 2.49. The highest BCUT2D eigenvalue weighted by Gasteiger charge is 2.39. The Morgan fingerprint density at radius 2 is 1.59 bits per heavy atom. The molecule has 27 heavy (non-hydrogen) atoms. The van der Waals surface area contributed by atoms with Crippen molar-refractivity contribution in [3.05, 3.63) is 58.6 Å². The Kier molecular flexibility index (Phi) is 5.52. The van der Waals surface area contributed by atoms with Crippen molar-refractivity contribution in [1.82, 2.24) is 10.9 Å². The second-order valence-electron chi connectivity index (χ2n) is 6.40. The second kappa shape index (κ2) is 7.69. The van der Waals surface area contributed by atoms with E-state index in [1.54, 1.807) is 12.1 Å². The Hall–Kier alpha value is -2.39. The predicted octanol–water partition coefficient (Wildman–Crippen LogP) is 2.67. The molecule has 0 saturated heterocycles. The van der Waals surface area contributed by atoms with E-state index in [0.717, 1.165) is 10.9 Å². The molecule has 7 nitrogen and oxygen atoms in total. The zero-order valence-electron chi connectivity index (χ0n) is 14.4. The van der Waals surface area contributed by atoms with Gasteiger partial charge in [-0.3, -0.25) is 25.2 Å². The van der Waals surface area contributed by atoms with E-state index in [1.165, 1.54) is 36.4 Å². The molecule has 3 N–H and O–H groups in total. The minimum Gasteiger partial charge on any atom is -0.280 e. The molecule has 1 aliphatic carbocycles. The topological polar surface area (TPSA) is 104 Å². The molecule has 2 atom stereocenters. The number of anilines is 1. The summed E-state index contributed by atoms with van der Waals surface area (Å²) in [6.45, 7) is 1.97. The van der Waals surface area contributed by atoms with Gasteiger partial charge in [-0.15, -0.1) is 0 Å². The summed E-state index contributed by atoms with van der Waals surface area (Å²) < 4.78 is 27.9. The third-order valence-corrected chi connectivity index (χ3v) is 6.19. The van der Waals surface area contributed by atoms with E-state index in [2.05, 4.69) is 31.5 Å². The number of amides is 2. The third-order valence-electron chi connectivity index (χ3n) is 4.27. The fourth-order valence-corrected chi connectivity index (χ4v) is 3.81. The average Bonchev–Trinajstić information content (AvgIpc) is 3.37. The summed E-state index contributed by atoms with van der Waals surface area (Å²) in [6, 6.07) is 12.2. The monoisotopic (exact) mass is 451 g/mol. The molecule has 0 spiro atoms. The van der Waals surface area contributed by atoms with Gasteiger partial charge in [0.1, 0.15) is 0 Å². The van der Waals surface area contributed by atoms with Crippen molar-refractivity contribution in [2.24, 2.45) is 11.8 Å². The van der Waals surface area contributed by atoms with Gasteiger partial charge in [0.25, 0.3) is 15.9 Å². The van der Waals surface area contributed by atoms with E-state index >= 15 is 0 Å². The molecular weight excluding hydrogens is 434 g/mol. The van der Waals surface area contributed by atoms with Crippen LogP contribution in [0.5, 0.6) is 0 Å². The van der Waals surface area contributed by atoms with Gasteiger partial charge < -0.3 is 0 Å². The Balaban J connectivity index is 1.60. The van der Waals surface area contributed by atoms with Gasteiger partial charge in [-0.05, 0) is 60.9 Å². The molecule has 0 radical (unpaired) electrons. The van der Waals surface area contributed by atoms with Crippen molar-refractivity contribution in [2.45, 2.75) is 18.2 Å². The average molecular weight is 452 g/mol. The summed E-state index contributed by atoms with van der Waals surface area (Å²) in [5.41, 5.74) is 5.38. The van der Waals surface area contributed by atoms with E-state index in [1.807, 2.05) is 6.92 Å². The Morgan fingerprint density at radius 3 is 2.15 bits per heavy atom. The number of rotatable bonds is 5. The molecule has 2 aromatic carbocycles. The lowest BCUT2D eigenvalue weighted by molar-refractivity contribution is -0.123. The van der Waals surface area contributed by atoms with Gasteiger partial charge in [-0.25, -0.2) is 8.42 Å². The Bertz CT molecular complexity index is 959. The van der Waals surface area contributed by atoms with Gasteiger partial charge in [0.2, 0.25) is 5.91 Å².